The molecule has 2 atom stereocenters. The molecule has 2 rings (SSSR count). The molecule has 0 aromatic carbocycles. The lowest BCUT2D eigenvalue weighted by Crippen LogP contribution is -2.42. The second-order valence-corrected chi connectivity index (χ2v) is 8.77. The number of aromatic nitrogens is 2. The van der Waals surface area contributed by atoms with Gasteiger partial charge in [-0.25, -0.2) is 4.99 Å². The number of halogens is 1. The van der Waals surface area contributed by atoms with Gasteiger partial charge in [-0.2, -0.15) is 16.7 Å². The van der Waals surface area contributed by atoms with E-state index < -0.39 is 0 Å². The van der Waals surface area contributed by atoms with Crippen molar-refractivity contribution in [3.8, 4) is 0 Å². The summed E-state index contributed by atoms with van der Waals surface area (Å²) in [5, 5.41) is 11.7. The Morgan fingerprint density at radius 1 is 1.32 bits per heavy atom. The molecule has 0 spiro atoms. The maximum Gasteiger partial charge on any atom is 0.232 e. The molecule has 0 amide bonds. The normalized spacial score (nSPS) is 21.1. The Kier molecular flexibility index (Phi) is 9.55. The van der Waals surface area contributed by atoms with Crippen LogP contribution < -0.4 is 10.6 Å². The van der Waals surface area contributed by atoms with E-state index in [0.717, 1.165) is 17.8 Å². The highest BCUT2D eigenvalue weighted by Gasteiger charge is 2.25. The van der Waals surface area contributed by atoms with Crippen LogP contribution in [0, 0.1) is 0 Å². The van der Waals surface area contributed by atoms with Gasteiger partial charge in [0.05, 0.1) is 0 Å². The molecule has 2 N–H and O–H groups in total. The minimum Gasteiger partial charge on any atom is -0.357 e. The van der Waals surface area contributed by atoms with Crippen LogP contribution >= 0.6 is 35.7 Å². The fourth-order valence-electron chi connectivity index (χ4n) is 2.74. The van der Waals surface area contributed by atoms with E-state index in [1.165, 1.54) is 25.0 Å². The molecule has 0 aliphatic heterocycles. The highest BCUT2D eigenvalue weighted by Crippen LogP contribution is 2.29. The van der Waals surface area contributed by atoms with Crippen LogP contribution in [0.3, 0.4) is 0 Å². The highest BCUT2D eigenvalue weighted by atomic mass is 127. The maximum atomic E-state index is 5.32. The van der Waals surface area contributed by atoms with Gasteiger partial charge in [0.2, 0.25) is 5.89 Å². The summed E-state index contributed by atoms with van der Waals surface area (Å²) in [5.74, 6) is 3.31. The van der Waals surface area contributed by atoms with Gasteiger partial charge < -0.3 is 15.2 Å². The summed E-state index contributed by atoms with van der Waals surface area (Å²) in [4.78, 5) is 9.05. The zero-order valence-corrected chi connectivity index (χ0v) is 19.1. The van der Waals surface area contributed by atoms with Crippen LogP contribution in [0.2, 0.25) is 0 Å². The number of rotatable bonds is 6. The number of guanidine groups is 1. The minimum atomic E-state index is -0.131. The average Bonchev–Trinajstić information content (AvgIpc) is 3.14. The average molecular weight is 481 g/mol. The second-order valence-electron chi connectivity index (χ2n) is 7.19. The third-order valence-electron chi connectivity index (χ3n) is 3.96. The number of hydrogen-bond acceptors (Lipinski definition) is 5. The lowest BCUT2D eigenvalue weighted by Gasteiger charge is -2.17. The van der Waals surface area contributed by atoms with E-state index in [4.69, 9.17) is 4.52 Å². The third-order valence-corrected chi connectivity index (χ3v) is 5.19. The van der Waals surface area contributed by atoms with Crippen LogP contribution in [0.25, 0.3) is 0 Å². The molecule has 144 valence electrons. The quantitative estimate of drug-likeness (QED) is 0.367. The molecule has 1 aliphatic rings. The van der Waals surface area contributed by atoms with Gasteiger partial charge in [0, 0.05) is 23.3 Å². The number of nitrogens with one attached hydrogen (secondary N) is 2. The third kappa shape index (κ3) is 7.32. The number of aliphatic imine (C=N–C) groups is 1. The van der Waals surface area contributed by atoms with Gasteiger partial charge >= 0.3 is 0 Å². The standard InChI is InChI=1S/C17H31N5OS.HI/c1-6-18-16(20-12-8-9-13(10-12)24-7-2)19-11-14-21-15(23-22-14)17(3,4)5;/h12-13H,6-11H2,1-5H3,(H2,18,19,20);1H. The summed E-state index contributed by atoms with van der Waals surface area (Å²) in [6, 6.07) is 0.502. The Morgan fingerprint density at radius 2 is 2.08 bits per heavy atom. The van der Waals surface area contributed by atoms with Gasteiger partial charge in [0.25, 0.3) is 0 Å². The zero-order valence-electron chi connectivity index (χ0n) is 16.0. The van der Waals surface area contributed by atoms with Crippen molar-refractivity contribution in [1.82, 2.24) is 20.8 Å². The van der Waals surface area contributed by atoms with Crippen molar-refractivity contribution >= 4 is 41.7 Å². The van der Waals surface area contributed by atoms with Crippen molar-refractivity contribution < 1.29 is 4.52 Å². The van der Waals surface area contributed by atoms with Crippen molar-refractivity contribution in [2.75, 3.05) is 12.3 Å². The first-order valence-electron chi connectivity index (χ1n) is 8.91. The largest absolute Gasteiger partial charge is 0.357 e. The Balaban J connectivity index is 0.00000312. The molecule has 8 heteroatoms. The first-order valence-corrected chi connectivity index (χ1v) is 9.96. The van der Waals surface area contributed by atoms with Gasteiger partial charge in [0.1, 0.15) is 6.54 Å². The molecule has 1 fully saturated rings. The van der Waals surface area contributed by atoms with E-state index in [9.17, 15) is 0 Å². The smallest absolute Gasteiger partial charge is 0.232 e. The van der Waals surface area contributed by atoms with E-state index >= 15 is 0 Å². The monoisotopic (exact) mass is 481 g/mol. The highest BCUT2D eigenvalue weighted by molar-refractivity contribution is 14.0. The topological polar surface area (TPSA) is 75.3 Å². The molecular formula is C17H32IN5OS. The fraction of sp³-hybridized carbons (Fsp3) is 0.824. The van der Waals surface area contributed by atoms with Crippen molar-refractivity contribution in [2.45, 2.75) is 77.1 Å². The van der Waals surface area contributed by atoms with Crippen LogP contribution in [0.1, 0.15) is 65.6 Å². The molecule has 2 unspecified atom stereocenters. The molecule has 1 saturated carbocycles. The van der Waals surface area contributed by atoms with Crippen LogP contribution in [-0.2, 0) is 12.0 Å². The molecule has 1 heterocycles. The fourth-order valence-corrected chi connectivity index (χ4v) is 3.89. The van der Waals surface area contributed by atoms with Gasteiger partial charge in [0.15, 0.2) is 11.8 Å². The van der Waals surface area contributed by atoms with Crippen LogP contribution in [-0.4, -0.2) is 39.7 Å². The first kappa shape index (κ1) is 22.5. The molecule has 25 heavy (non-hydrogen) atoms. The van der Waals surface area contributed by atoms with Crippen LogP contribution in [0.15, 0.2) is 9.52 Å². The van der Waals surface area contributed by atoms with E-state index in [0.29, 0.717) is 24.3 Å². The summed E-state index contributed by atoms with van der Waals surface area (Å²) < 4.78 is 5.32. The van der Waals surface area contributed by atoms with Crippen molar-refractivity contribution in [3.05, 3.63) is 11.7 Å². The first-order chi connectivity index (χ1) is 11.4. The molecule has 6 nitrogen and oxygen atoms in total. The van der Waals surface area contributed by atoms with Gasteiger partial charge in [-0.3, -0.25) is 0 Å². The van der Waals surface area contributed by atoms with E-state index in [2.05, 4.69) is 72.1 Å². The van der Waals surface area contributed by atoms with E-state index in [1.54, 1.807) is 0 Å². The summed E-state index contributed by atoms with van der Waals surface area (Å²) in [5.41, 5.74) is -0.131. The lowest BCUT2D eigenvalue weighted by molar-refractivity contribution is 0.318. The molecule has 0 saturated heterocycles. The second kappa shape index (κ2) is 10.6. The molecule has 1 aromatic rings. The van der Waals surface area contributed by atoms with Crippen molar-refractivity contribution in [3.63, 3.8) is 0 Å². The SMILES string of the molecule is CCNC(=NCc1noc(C(C)(C)C)n1)NC1CCC(SCC)C1.I. The van der Waals surface area contributed by atoms with E-state index in [-0.39, 0.29) is 29.4 Å². The summed E-state index contributed by atoms with van der Waals surface area (Å²) >= 11 is 2.07. The molecule has 0 radical (unpaired) electrons. The minimum absolute atomic E-state index is 0. The Labute approximate surface area is 172 Å². The lowest BCUT2D eigenvalue weighted by atomic mass is 9.97. The molecule has 0 bridgehead atoms. The Morgan fingerprint density at radius 3 is 2.68 bits per heavy atom. The van der Waals surface area contributed by atoms with Crippen LogP contribution in [0.4, 0.5) is 0 Å². The predicted octanol–water partition coefficient (Wildman–Crippen LogP) is 3.71. The number of nitrogens with zero attached hydrogens (tertiary/aromatic N) is 3. The summed E-state index contributed by atoms with van der Waals surface area (Å²) in [7, 11) is 0. The number of thioether (sulfide) groups is 1. The summed E-state index contributed by atoms with van der Waals surface area (Å²) in [6.07, 6.45) is 3.70. The molecule has 1 aliphatic carbocycles. The zero-order chi connectivity index (χ0) is 17.6. The predicted molar refractivity (Wildman–Crippen MR) is 116 cm³/mol. The maximum absolute atomic E-state index is 5.32. The van der Waals surface area contributed by atoms with Crippen LogP contribution in [0.5, 0.6) is 0 Å². The van der Waals surface area contributed by atoms with Gasteiger partial charge in [-0.1, -0.05) is 32.9 Å². The molecule has 1 aromatic heterocycles. The van der Waals surface area contributed by atoms with Gasteiger partial charge in [-0.15, -0.1) is 24.0 Å². The van der Waals surface area contributed by atoms with E-state index in [1.807, 2.05) is 0 Å². The number of hydrogen-bond donors (Lipinski definition) is 2. The van der Waals surface area contributed by atoms with Gasteiger partial charge in [-0.05, 0) is 31.9 Å². The Bertz CT molecular complexity index is 543. The Hall–Kier alpha value is -0.510. The molecular weight excluding hydrogens is 449 g/mol. The summed E-state index contributed by atoms with van der Waals surface area (Å²) in [6.45, 7) is 11.7. The van der Waals surface area contributed by atoms with Crippen molar-refractivity contribution in [1.29, 1.82) is 0 Å². The van der Waals surface area contributed by atoms with Crippen molar-refractivity contribution in [2.24, 2.45) is 4.99 Å².